The lowest BCUT2D eigenvalue weighted by Gasteiger charge is -2.29. The summed E-state index contributed by atoms with van der Waals surface area (Å²) in [6.07, 6.45) is 1.03. The molecule has 0 radical (unpaired) electrons. The van der Waals surface area contributed by atoms with Gasteiger partial charge in [0.05, 0.1) is 0 Å². The Balaban J connectivity index is 2.01. The molecule has 3 heteroatoms. The smallest absolute Gasteiger partial charge is 0.0343 e. The molecule has 2 aromatic rings. The average Bonchev–Trinajstić information content (AvgIpc) is 2.41. The number of hydrogen-bond acceptors (Lipinski definition) is 3. The summed E-state index contributed by atoms with van der Waals surface area (Å²) in [7, 11) is 0. The van der Waals surface area contributed by atoms with Gasteiger partial charge in [-0.1, -0.05) is 26.0 Å². The Morgan fingerprint density at radius 2 is 1.38 bits per heavy atom. The van der Waals surface area contributed by atoms with Crippen LogP contribution in [0, 0.1) is 0 Å². The Labute approximate surface area is 127 Å². The van der Waals surface area contributed by atoms with Crippen LogP contribution in [0.1, 0.15) is 32.8 Å². The van der Waals surface area contributed by atoms with Crippen molar-refractivity contribution in [3.05, 3.63) is 54.1 Å². The zero-order valence-corrected chi connectivity index (χ0v) is 13.1. The average molecular weight is 283 g/mol. The highest BCUT2D eigenvalue weighted by Gasteiger charge is 2.23. The molecule has 3 nitrogen and oxygen atoms in total. The fourth-order valence-electron chi connectivity index (χ4n) is 2.73. The lowest BCUT2D eigenvalue weighted by Crippen LogP contribution is -2.27. The molecule has 0 aliphatic heterocycles. The van der Waals surface area contributed by atoms with Crippen molar-refractivity contribution in [1.29, 1.82) is 0 Å². The molecular formula is C18H25N3. The number of benzene rings is 2. The van der Waals surface area contributed by atoms with Crippen molar-refractivity contribution in [2.24, 2.45) is 0 Å². The van der Waals surface area contributed by atoms with Crippen LogP contribution in [0.25, 0.3) is 0 Å². The topological polar surface area (TPSA) is 64.1 Å². The van der Waals surface area contributed by atoms with Gasteiger partial charge >= 0.3 is 0 Å². The van der Waals surface area contributed by atoms with Crippen LogP contribution in [0.4, 0.5) is 17.1 Å². The third-order valence-corrected chi connectivity index (χ3v) is 3.83. The fourth-order valence-corrected chi connectivity index (χ4v) is 2.73. The molecule has 0 amide bonds. The molecule has 2 aromatic carbocycles. The molecule has 0 aromatic heterocycles. The van der Waals surface area contributed by atoms with Gasteiger partial charge < -0.3 is 16.8 Å². The first-order valence-corrected chi connectivity index (χ1v) is 7.35. The third-order valence-electron chi connectivity index (χ3n) is 3.83. The number of nitrogens with two attached hydrogens (primary N) is 2. The van der Waals surface area contributed by atoms with Gasteiger partial charge in [0.25, 0.3) is 0 Å². The maximum absolute atomic E-state index is 5.76. The van der Waals surface area contributed by atoms with Gasteiger partial charge in [0.15, 0.2) is 0 Å². The lowest BCUT2D eigenvalue weighted by molar-refractivity contribution is 0.450. The van der Waals surface area contributed by atoms with E-state index in [2.05, 4.69) is 38.2 Å². The molecule has 1 unspecified atom stereocenters. The SMILES string of the molecule is CC(CC(C)(C)c1ccc(N)cc1)Nc1ccc(N)cc1. The molecule has 1 atom stereocenters. The van der Waals surface area contributed by atoms with E-state index in [1.54, 1.807) is 0 Å². The van der Waals surface area contributed by atoms with Crippen molar-refractivity contribution < 1.29 is 0 Å². The minimum absolute atomic E-state index is 0.0912. The largest absolute Gasteiger partial charge is 0.399 e. The fraction of sp³-hybridized carbons (Fsp3) is 0.333. The molecular weight excluding hydrogens is 258 g/mol. The molecule has 5 N–H and O–H groups in total. The van der Waals surface area contributed by atoms with Gasteiger partial charge in [-0.3, -0.25) is 0 Å². The zero-order chi connectivity index (χ0) is 15.5. The summed E-state index contributed by atoms with van der Waals surface area (Å²) in [5.41, 5.74) is 15.6. The van der Waals surface area contributed by atoms with Crippen LogP contribution in [0.5, 0.6) is 0 Å². The van der Waals surface area contributed by atoms with E-state index in [0.29, 0.717) is 6.04 Å². The summed E-state index contributed by atoms with van der Waals surface area (Å²) >= 11 is 0. The Morgan fingerprint density at radius 3 is 1.90 bits per heavy atom. The summed E-state index contributed by atoms with van der Waals surface area (Å²) in [6.45, 7) is 6.73. The second kappa shape index (κ2) is 6.08. The van der Waals surface area contributed by atoms with Crippen LogP contribution in [0.15, 0.2) is 48.5 Å². The third kappa shape index (κ3) is 4.15. The van der Waals surface area contributed by atoms with Crippen LogP contribution >= 0.6 is 0 Å². The van der Waals surface area contributed by atoms with E-state index in [-0.39, 0.29) is 5.41 Å². The highest BCUT2D eigenvalue weighted by Crippen LogP contribution is 2.30. The van der Waals surface area contributed by atoms with Crippen molar-refractivity contribution in [2.45, 2.75) is 38.6 Å². The first kappa shape index (κ1) is 15.2. The van der Waals surface area contributed by atoms with Gasteiger partial charge in [-0.25, -0.2) is 0 Å². The lowest BCUT2D eigenvalue weighted by atomic mass is 9.79. The molecule has 21 heavy (non-hydrogen) atoms. The van der Waals surface area contributed by atoms with Crippen molar-refractivity contribution in [2.75, 3.05) is 16.8 Å². The molecule has 0 saturated carbocycles. The number of hydrogen-bond donors (Lipinski definition) is 3. The van der Waals surface area contributed by atoms with Crippen LogP contribution in [-0.4, -0.2) is 6.04 Å². The maximum Gasteiger partial charge on any atom is 0.0343 e. The minimum Gasteiger partial charge on any atom is -0.399 e. The van der Waals surface area contributed by atoms with Crippen molar-refractivity contribution in [3.63, 3.8) is 0 Å². The number of nitrogen functional groups attached to an aromatic ring is 2. The van der Waals surface area contributed by atoms with Crippen molar-refractivity contribution in [3.8, 4) is 0 Å². The summed E-state index contributed by atoms with van der Waals surface area (Å²) in [6, 6.07) is 16.4. The van der Waals surface area contributed by atoms with Gasteiger partial charge in [0.2, 0.25) is 0 Å². The minimum atomic E-state index is 0.0912. The first-order chi connectivity index (χ1) is 9.87. The second-order valence-corrected chi connectivity index (χ2v) is 6.38. The van der Waals surface area contributed by atoms with Crippen molar-refractivity contribution >= 4 is 17.1 Å². The Hall–Kier alpha value is -2.16. The van der Waals surface area contributed by atoms with Gasteiger partial charge in [-0.15, -0.1) is 0 Å². The molecule has 2 rings (SSSR count). The summed E-state index contributed by atoms with van der Waals surface area (Å²) in [5, 5.41) is 3.53. The zero-order valence-electron chi connectivity index (χ0n) is 13.1. The van der Waals surface area contributed by atoms with E-state index in [4.69, 9.17) is 11.5 Å². The highest BCUT2D eigenvalue weighted by atomic mass is 14.9. The van der Waals surface area contributed by atoms with Crippen LogP contribution in [-0.2, 0) is 5.41 Å². The maximum atomic E-state index is 5.76. The van der Waals surface area contributed by atoms with E-state index in [9.17, 15) is 0 Å². The quantitative estimate of drug-likeness (QED) is 0.726. The van der Waals surface area contributed by atoms with Crippen LogP contribution in [0.3, 0.4) is 0 Å². The molecule has 0 saturated heterocycles. The molecule has 0 bridgehead atoms. The monoisotopic (exact) mass is 283 g/mol. The molecule has 112 valence electrons. The van der Waals surface area contributed by atoms with Crippen LogP contribution < -0.4 is 16.8 Å². The number of nitrogens with one attached hydrogen (secondary N) is 1. The van der Waals surface area contributed by atoms with E-state index < -0.39 is 0 Å². The Kier molecular flexibility index (Phi) is 4.41. The van der Waals surface area contributed by atoms with E-state index in [1.165, 1.54) is 5.56 Å². The van der Waals surface area contributed by atoms with E-state index in [0.717, 1.165) is 23.5 Å². The number of rotatable bonds is 5. The molecule has 0 aliphatic rings. The Bertz CT molecular complexity index is 570. The molecule has 0 spiro atoms. The van der Waals surface area contributed by atoms with E-state index >= 15 is 0 Å². The van der Waals surface area contributed by atoms with Gasteiger partial charge in [-0.2, -0.15) is 0 Å². The summed E-state index contributed by atoms with van der Waals surface area (Å²) in [4.78, 5) is 0. The number of anilines is 3. The van der Waals surface area contributed by atoms with Gasteiger partial charge in [0, 0.05) is 23.1 Å². The normalized spacial score (nSPS) is 12.9. The predicted molar refractivity (Wildman–Crippen MR) is 92.4 cm³/mol. The molecule has 0 heterocycles. The molecule has 0 aliphatic carbocycles. The van der Waals surface area contributed by atoms with Crippen molar-refractivity contribution in [1.82, 2.24) is 0 Å². The predicted octanol–water partition coefficient (Wildman–Crippen LogP) is 4.02. The first-order valence-electron chi connectivity index (χ1n) is 7.35. The summed E-state index contributed by atoms with van der Waals surface area (Å²) in [5.74, 6) is 0. The second-order valence-electron chi connectivity index (χ2n) is 6.38. The van der Waals surface area contributed by atoms with Gasteiger partial charge in [-0.05, 0) is 60.7 Å². The Morgan fingerprint density at radius 1 is 0.905 bits per heavy atom. The van der Waals surface area contributed by atoms with Gasteiger partial charge in [0.1, 0.15) is 0 Å². The van der Waals surface area contributed by atoms with E-state index in [1.807, 2.05) is 36.4 Å². The standard InChI is InChI=1S/C18H25N3/c1-13(21-17-10-8-16(20)9-11-17)12-18(2,3)14-4-6-15(19)7-5-14/h4-11,13,21H,12,19-20H2,1-3H3. The van der Waals surface area contributed by atoms with Crippen LogP contribution in [0.2, 0.25) is 0 Å². The highest BCUT2D eigenvalue weighted by molar-refractivity contribution is 5.51. The molecule has 0 fully saturated rings. The summed E-state index contributed by atoms with van der Waals surface area (Å²) < 4.78 is 0.